The van der Waals surface area contributed by atoms with Crippen LogP contribution in [0.4, 0.5) is 13.2 Å². The molecule has 1 atom stereocenters. The first kappa shape index (κ1) is 19.2. The Bertz CT molecular complexity index is 1450. The SMILES string of the molecule is FC(F)(F)c1ccc2c3c(ccc2c1)C1=C(CCC=C1)C(c1cc2ccccc2nn1)C3. The van der Waals surface area contributed by atoms with Gasteiger partial charge in [-0.3, -0.25) is 0 Å². The molecule has 0 N–H and O–H groups in total. The summed E-state index contributed by atoms with van der Waals surface area (Å²) in [5.41, 5.74) is 5.89. The van der Waals surface area contributed by atoms with Crippen LogP contribution in [0.25, 0.3) is 27.2 Å². The van der Waals surface area contributed by atoms with E-state index in [-0.39, 0.29) is 5.92 Å². The molecule has 0 bridgehead atoms. The highest BCUT2D eigenvalue weighted by atomic mass is 19.4. The maximum Gasteiger partial charge on any atom is 0.416 e. The molecule has 6 rings (SSSR count). The third-order valence-electron chi connectivity index (χ3n) is 6.66. The van der Waals surface area contributed by atoms with Crippen molar-refractivity contribution in [1.82, 2.24) is 10.2 Å². The van der Waals surface area contributed by atoms with Crippen LogP contribution in [-0.2, 0) is 12.6 Å². The monoisotopic (exact) mass is 428 g/mol. The zero-order valence-corrected chi connectivity index (χ0v) is 17.2. The summed E-state index contributed by atoms with van der Waals surface area (Å²) in [4.78, 5) is 0. The van der Waals surface area contributed by atoms with Crippen LogP contribution in [0, 0.1) is 0 Å². The standard InChI is InChI=1S/C27H19F3N2/c28-27(29,30)18-10-12-19-16(13-18)9-11-22-20-6-2-3-7-21(20)24(15-23(19)22)26-14-17-5-1-4-8-25(17)31-32-26/h1-2,4-6,8-14,24H,3,7,15H2. The molecule has 0 spiro atoms. The van der Waals surface area contributed by atoms with Gasteiger partial charge in [0, 0.05) is 11.3 Å². The first-order chi connectivity index (χ1) is 15.5. The maximum absolute atomic E-state index is 13.3. The predicted molar refractivity (Wildman–Crippen MR) is 120 cm³/mol. The molecule has 3 aromatic carbocycles. The fourth-order valence-corrected chi connectivity index (χ4v) is 5.13. The Morgan fingerprint density at radius 2 is 1.75 bits per heavy atom. The lowest BCUT2D eigenvalue weighted by Gasteiger charge is -2.32. The summed E-state index contributed by atoms with van der Waals surface area (Å²) in [7, 11) is 0. The van der Waals surface area contributed by atoms with E-state index in [1.54, 1.807) is 6.07 Å². The van der Waals surface area contributed by atoms with E-state index in [1.807, 2.05) is 36.4 Å². The van der Waals surface area contributed by atoms with Crippen molar-refractivity contribution in [3.05, 3.63) is 101 Å². The highest BCUT2D eigenvalue weighted by Gasteiger charge is 2.33. The molecule has 2 nitrogen and oxygen atoms in total. The number of allylic oxidation sites excluding steroid dienone is 4. The second-order valence-corrected chi connectivity index (χ2v) is 8.49. The summed E-state index contributed by atoms with van der Waals surface area (Å²) < 4.78 is 39.8. The minimum atomic E-state index is -4.35. The van der Waals surface area contributed by atoms with E-state index in [0.717, 1.165) is 46.0 Å². The van der Waals surface area contributed by atoms with Gasteiger partial charge in [-0.1, -0.05) is 54.1 Å². The van der Waals surface area contributed by atoms with Crippen molar-refractivity contribution in [2.75, 3.05) is 0 Å². The lowest BCUT2D eigenvalue weighted by Crippen LogP contribution is -2.18. The van der Waals surface area contributed by atoms with Gasteiger partial charge in [0.2, 0.25) is 0 Å². The molecule has 2 aliphatic rings. The molecule has 0 amide bonds. The van der Waals surface area contributed by atoms with Gasteiger partial charge >= 0.3 is 6.18 Å². The Labute approximate surface area is 183 Å². The molecule has 1 unspecified atom stereocenters. The van der Waals surface area contributed by atoms with Gasteiger partial charge in [-0.25, -0.2) is 0 Å². The number of rotatable bonds is 1. The summed E-state index contributed by atoms with van der Waals surface area (Å²) in [5, 5.41) is 11.5. The number of benzene rings is 3. The van der Waals surface area contributed by atoms with Gasteiger partial charge in [0.1, 0.15) is 0 Å². The van der Waals surface area contributed by atoms with Crippen LogP contribution < -0.4 is 0 Å². The molecule has 158 valence electrons. The van der Waals surface area contributed by atoms with Gasteiger partial charge < -0.3 is 0 Å². The number of hydrogen-bond donors (Lipinski definition) is 0. The second kappa shape index (κ2) is 7.02. The molecule has 1 aromatic heterocycles. The first-order valence-electron chi connectivity index (χ1n) is 10.7. The minimum absolute atomic E-state index is 0.0625. The molecule has 32 heavy (non-hydrogen) atoms. The van der Waals surface area contributed by atoms with E-state index in [4.69, 9.17) is 0 Å². The Kier molecular flexibility index (Phi) is 4.22. The molecule has 0 saturated carbocycles. The highest BCUT2D eigenvalue weighted by Crippen LogP contribution is 2.46. The van der Waals surface area contributed by atoms with Crippen molar-refractivity contribution in [3.63, 3.8) is 0 Å². The first-order valence-corrected chi connectivity index (χ1v) is 10.7. The molecular weight excluding hydrogens is 409 g/mol. The van der Waals surface area contributed by atoms with Crippen LogP contribution in [0.3, 0.4) is 0 Å². The maximum atomic E-state index is 13.3. The zero-order chi connectivity index (χ0) is 21.9. The van der Waals surface area contributed by atoms with Gasteiger partial charge in [-0.15, -0.1) is 0 Å². The average molecular weight is 428 g/mol. The minimum Gasteiger partial charge on any atom is -0.166 e. The van der Waals surface area contributed by atoms with E-state index in [9.17, 15) is 13.2 Å². The molecule has 0 saturated heterocycles. The summed E-state index contributed by atoms with van der Waals surface area (Å²) in [6.45, 7) is 0. The quantitative estimate of drug-likeness (QED) is 0.319. The van der Waals surface area contributed by atoms with Crippen molar-refractivity contribution >= 4 is 27.2 Å². The number of alkyl halides is 3. The number of fused-ring (bicyclic) bond motifs is 5. The van der Waals surface area contributed by atoms with Crippen LogP contribution >= 0.6 is 0 Å². The van der Waals surface area contributed by atoms with Gasteiger partial charge in [-0.05, 0) is 71.0 Å². The van der Waals surface area contributed by atoms with Crippen LogP contribution in [0.2, 0.25) is 0 Å². The topological polar surface area (TPSA) is 25.8 Å². The van der Waals surface area contributed by atoms with E-state index in [2.05, 4.69) is 28.4 Å². The smallest absolute Gasteiger partial charge is 0.166 e. The number of halogens is 3. The van der Waals surface area contributed by atoms with Gasteiger partial charge in [0.05, 0.1) is 16.8 Å². The van der Waals surface area contributed by atoms with Crippen molar-refractivity contribution < 1.29 is 13.2 Å². The normalized spacial score (nSPS) is 18.2. The average Bonchev–Trinajstić information content (AvgIpc) is 2.82. The Morgan fingerprint density at radius 1 is 0.875 bits per heavy atom. The largest absolute Gasteiger partial charge is 0.416 e. The van der Waals surface area contributed by atoms with Gasteiger partial charge in [-0.2, -0.15) is 23.4 Å². The summed E-state index contributed by atoms with van der Waals surface area (Å²) in [6.07, 6.45) is 2.62. The summed E-state index contributed by atoms with van der Waals surface area (Å²) >= 11 is 0. The van der Waals surface area contributed by atoms with Crippen LogP contribution in [0.5, 0.6) is 0 Å². The number of hydrogen-bond acceptors (Lipinski definition) is 2. The lowest BCUT2D eigenvalue weighted by molar-refractivity contribution is -0.137. The molecule has 5 heteroatoms. The van der Waals surface area contributed by atoms with Crippen molar-refractivity contribution in [3.8, 4) is 0 Å². The Balaban J connectivity index is 1.54. The fourth-order valence-electron chi connectivity index (χ4n) is 5.13. The molecule has 1 heterocycles. The van der Waals surface area contributed by atoms with E-state index < -0.39 is 11.7 Å². The van der Waals surface area contributed by atoms with Gasteiger partial charge in [0.15, 0.2) is 0 Å². The Morgan fingerprint density at radius 3 is 2.62 bits per heavy atom. The molecule has 0 aliphatic heterocycles. The Hall–Kier alpha value is -3.47. The number of nitrogens with zero attached hydrogens (tertiary/aromatic N) is 2. The predicted octanol–water partition coefficient (Wildman–Crippen LogP) is 7.25. The van der Waals surface area contributed by atoms with Crippen molar-refractivity contribution in [2.45, 2.75) is 31.4 Å². The molecule has 0 fully saturated rings. The van der Waals surface area contributed by atoms with E-state index in [1.165, 1.54) is 23.3 Å². The van der Waals surface area contributed by atoms with Gasteiger partial charge in [0.25, 0.3) is 0 Å². The number of aromatic nitrogens is 2. The fraction of sp³-hybridized carbons (Fsp3) is 0.185. The summed E-state index contributed by atoms with van der Waals surface area (Å²) in [5.74, 6) is 0.0625. The van der Waals surface area contributed by atoms with E-state index in [0.29, 0.717) is 11.8 Å². The van der Waals surface area contributed by atoms with Crippen molar-refractivity contribution in [2.24, 2.45) is 0 Å². The van der Waals surface area contributed by atoms with Crippen LogP contribution in [0.15, 0.2) is 78.4 Å². The molecule has 4 aromatic rings. The zero-order valence-electron chi connectivity index (χ0n) is 17.2. The van der Waals surface area contributed by atoms with E-state index >= 15 is 0 Å². The second-order valence-electron chi connectivity index (χ2n) is 8.49. The molecule has 0 radical (unpaired) electrons. The van der Waals surface area contributed by atoms with Crippen LogP contribution in [0.1, 0.15) is 41.1 Å². The third-order valence-corrected chi connectivity index (χ3v) is 6.66. The molecule has 2 aliphatic carbocycles. The third kappa shape index (κ3) is 3.03. The lowest BCUT2D eigenvalue weighted by atomic mass is 9.72. The van der Waals surface area contributed by atoms with Crippen LogP contribution in [-0.4, -0.2) is 10.2 Å². The highest BCUT2D eigenvalue weighted by molar-refractivity contribution is 5.95. The molecular formula is C27H19F3N2. The van der Waals surface area contributed by atoms with Crippen molar-refractivity contribution in [1.29, 1.82) is 0 Å². The summed E-state index contributed by atoms with van der Waals surface area (Å²) in [6, 6.07) is 17.9.